The minimum atomic E-state index is -0.291. The van der Waals surface area contributed by atoms with E-state index >= 15 is 0 Å². The van der Waals surface area contributed by atoms with Gasteiger partial charge in [-0.3, -0.25) is 0 Å². The fraction of sp³-hybridized carbons (Fsp3) is 0.500. The summed E-state index contributed by atoms with van der Waals surface area (Å²) in [4.78, 5) is 11.4. The van der Waals surface area contributed by atoms with Crippen LogP contribution in [-0.4, -0.2) is 19.2 Å². The predicted molar refractivity (Wildman–Crippen MR) is 67.3 cm³/mol. The second-order valence-corrected chi connectivity index (χ2v) is 4.28. The Kier molecular flexibility index (Phi) is 5.53. The van der Waals surface area contributed by atoms with Crippen molar-refractivity contribution in [1.29, 1.82) is 0 Å². The van der Waals surface area contributed by atoms with Gasteiger partial charge in [-0.2, -0.15) is 0 Å². The molecule has 0 aliphatic rings. The third-order valence-corrected chi connectivity index (χ3v) is 2.33. The van der Waals surface area contributed by atoms with Gasteiger partial charge in [0, 0.05) is 0 Å². The van der Waals surface area contributed by atoms with Crippen molar-refractivity contribution in [3.63, 3.8) is 0 Å². The molecule has 0 saturated carbocycles. The van der Waals surface area contributed by atoms with E-state index in [1.807, 2.05) is 0 Å². The first kappa shape index (κ1) is 13.6. The number of ether oxygens (including phenoxy) is 2. The third kappa shape index (κ3) is 4.89. The van der Waals surface area contributed by atoms with Crippen molar-refractivity contribution in [2.45, 2.75) is 27.2 Å². The highest BCUT2D eigenvalue weighted by Gasteiger charge is 2.05. The van der Waals surface area contributed by atoms with Crippen LogP contribution in [0.25, 0.3) is 0 Å². The Morgan fingerprint density at radius 1 is 1.24 bits per heavy atom. The topological polar surface area (TPSA) is 35.5 Å². The van der Waals surface area contributed by atoms with Crippen molar-refractivity contribution >= 4 is 5.97 Å². The van der Waals surface area contributed by atoms with E-state index < -0.39 is 0 Å². The average molecular weight is 236 g/mol. The molecule has 0 bridgehead atoms. The highest BCUT2D eigenvalue weighted by atomic mass is 16.5. The van der Waals surface area contributed by atoms with Crippen molar-refractivity contribution in [3.05, 3.63) is 29.8 Å². The van der Waals surface area contributed by atoms with E-state index in [0.717, 1.165) is 12.2 Å². The van der Waals surface area contributed by atoms with Gasteiger partial charge in [0.2, 0.25) is 0 Å². The maximum absolute atomic E-state index is 11.4. The molecule has 0 spiro atoms. The fourth-order valence-corrected chi connectivity index (χ4v) is 1.31. The second kappa shape index (κ2) is 6.94. The van der Waals surface area contributed by atoms with Crippen molar-refractivity contribution in [2.24, 2.45) is 5.92 Å². The van der Waals surface area contributed by atoms with Crippen LogP contribution in [0.1, 0.15) is 37.6 Å². The van der Waals surface area contributed by atoms with E-state index in [9.17, 15) is 4.79 Å². The molecule has 0 amide bonds. The maximum atomic E-state index is 11.4. The van der Waals surface area contributed by atoms with Gasteiger partial charge < -0.3 is 9.47 Å². The molecule has 17 heavy (non-hydrogen) atoms. The van der Waals surface area contributed by atoms with Crippen LogP contribution in [0, 0.1) is 5.92 Å². The molecular formula is C14H20O3. The summed E-state index contributed by atoms with van der Waals surface area (Å²) in [6.07, 6.45) is 1.03. The second-order valence-electron chi connectivity index (χ2n) is 4.28. The number of carbonyl (C=O) groups is 1. The van der Waals surface area contributed by atoms with Gasteiger partial charge in [-0.25, -0.2) is 4.79 Å². The molecule has 0 aromatic heterocycles. The molecule has 0 aliphatic heterocycles. The monoisotopic (exact) mass is 236 g/mol. The summed E-state index contributed by atoms with van der Waals surface area (Å²) < 4.78 is 10.5. The zero-order valence-electron chi connectivity index (χ0n) is 10.7. The van der Waals surface area contributed by atoms with Crippen molar-refractivity contribution in [1.82, 2.24) is 0 Å². The van der Waals surface area contributed by atoms with Crippen LogP contribution in [0.3, 0.4) is 0 Å². The molecule has 1 aromatic carbocycles. The maximum Gasteiger partial charge on any atom is 0.338 e. The molecule has 94 valence electrons. The Labute approximate surface area is 103 Å². The lowest BCUT2D eigenvalue weighted by molar-refractivity contribution is 0.0526. The van der Waals surface area contributed by atoms with Gasteiger partial charge in [-0.1, -0.05) is 13.8 Å². The summed E-state index contributed by atoms with van der Waals surface area (Å²) in [5.74, 6) is 1.13. The van der Waals surface area contributed by atoms with Gasteiger partial charge in [0.25, 0.3) is 0 Å². The molecule has 3 heteroatoms. The number of rotatable bonds is 6. The van der Waals surface area contributed by atoms with Crippen LogP contribution in [0.5, 0.6) is 5.75 Å². The first-order valence-corrected chi connectivity index (χ1v) is 6.03. The van der Waals surface area contributed by atoms with E-state index in [-0.39, 0.29) is 5.97 Å². The first-order chi connectivity index (χ1) is 8.13. The molecule has 0 saturated heterocycles. The van der Waals surface area contributed by atoms with Crippen LogP contribution in [0.15, 0.2) is 24.3 Å². The summed E-state index contributed by atoms with van der Waals surface area (Å²) in [5.41, 5.74) is 0.558. The number of esters is 1. The molecule has 0 N–H and O–H groups in total. The summed E-state index contributed by atoms with van der Waals surface area (Å²) in [6.45, 7) is 7.21. The Bertz CT molecular complexity index is 341. The number of benzene rings is 1. The summed E-state index contributed by atoms with van der Waals surface area (Å²) in [7, 11) is 0. The smallest absolute Gasteiger partial charge is 0.338 e. The molecule has 1 aromatic rings. The van der Waals surface area contributed by atoms with Crippen LogP contribution in [0.2, 0.25) is 0 Å². The molecule has 0 fully saturated rings. The first-order valence-electron chi connectivity index (χ1n) is 6.03. The molecule has 0 radical (unpaired) electrons. The standard InChI is InChI=1S/C14H20O3/c1-4-16-14(15)12-5-7-13(8-6-12)17-10-9-11(2)3/h5-8,11H,4,9-10H2,1-3H3. The van der Waals surface area contributed by atoms with Crippen molar-refractivity contribution in [2.75, 3.05) is 13.2 Å². The third-order valence-electron chi connectivity index (χ3n) is 2.33. The highest BCUT2D eigenvalue weighted by molar-refractivity contribution is 5.89. The lowest BCUT2D eigenvalue weighted by Crippen LogP contribution is -2.05. The van der Waals surface area contributed by atoms with Gasteiger partial charge in [0.1, 0.15) is 5.75 Å². The zero-order valence-corrected chi connectivity index (χ0v) is 10.7. The van der Waals surface area contributed by atoms with Crippen LogP contribution in [0.4, 0.5) is 0 Å². The van der Waals surface area contributed by atoms with Crippen LogP contribution in [-0.2, 0) is 4.74 Å². The van der Waals surface area contributed by atoms with E-state index in [0.29, 0.717) is 24.7 Å². The lowest BCUT2D eigenvalue weighted by atomic mass is 10.1. The number of hydrogen-bond donors (Lipinski definition) is 0. The zero-order chi connectivity index (χ0) is 12.7. The van der Waals surface area contributed by atoms with Gasteiger partial charge in [0.15, 0.2) is 0 Å². The Morgan fingerprint density at radius 3 is 2.41 bits per heavy atom. The molecule has 0 atom stereocenters. The van der Waals surface area contributed by atoms with Gasteiger partial charge in [0.05, 0.1) is 18.8 Å². The Hall–Kier alpha value is -1.51. The minimum Gasteiger partial charge on any atom is -0.494 e. The molecule has 0 aliphatic carbocycles. The average Bonchev–Trinajstić information content (AvgIpc) is 2.30. The Balaban J connectivity index is 2.47. The van der Waals surface area contributed by atoms with Gasteiger partial charge in [-0.15, -0.1) is 0 Å². The van der Waals surface area contributed by atoms with Gasteiger partial charge >= 0.3 is 5.97 Å². The molecular weight excluding hydrogens is 216 g/mol. The normalized spacial score (nSPS) is 10.4. The quantitative estimate of drug-likeness (QED) is 0.711. The Morgan fingerprint density at radius 2 is 1.88 bits per heavy atom. The molecule has 1 rings (SSSR count). The summed E-state index contributed by atoms with van der Waals surface area (Å²) in [6, 6.07) is 7.05. The van der Waals surface area contributed by atoms with Crippen LogP contribution < -0.4 is 4.74 Å². The van der Waals surface area contributed by atoms with E-state index in [4.69, 9.17) is 9.47 Å². The van der Waals surface area contributed by atoms with E-state index in [1.165, 1.54) is 0 Å². The van der Waals surface area contributed by atoms with E-state index in [1.54, 1.807) is 31.2 Å². The molecule has 3 nitrogen and oxygen atoms in total. The summed E-state index contributed by atoms with van der Waals surface area (Å²) in [5, 5.41) is 0. The SMILES string of the molecule is CCOC(=O)c1ccc(OCCC(C)C)cc1. The van der Waals surface area contributed by atoms with Gasteiger partial charge in [-0.05, 0) is 43.5 Å². The number of carbonyl (C=O) groups excluding carboxylic acids is 1. The minimum absolute atomic E-state index is 0.291. The largest absolute Gasteiger partial charge is 0.494 e. The molecule has 0 unspecified atom stereocenters. The number of hydrogen-bond acceptors (Lipinski definition) is 3. The summed E-state index contributed by atoms with van der Waals surface area (Å²) >= 11 is 0. The van der Waals surface area contributed by atoms with Crippen molar-refractivity contribution < 1.29 is 14.3 Å². The molecule has 0 heterocycles. The van der Waals surface area contributed by atoms with Crippen molar-refractivity contribution in [3.8, 4) is 5.75 Å². The fourth-order valence-electron chi connectivity index (χ4n) is 1.31. The van der Waals surface area contributed by atoms with E-state index in [2.05, 4.69) is 13.8 Å². The highest BCUT2D eigenvalue weighted by Crippen LogP contribution is 2.14. The lowest BCUT2D eigenvalue weighted by Gasteiger charge is -2.08. The predicted octanol–water partition coefficient (Wildman–Crippen LogP) is 3.29. The van der Waals surface area contributed by atoms with Crippen LogP contribution >= 0.6 is 0 Å².